The first-order valence-electron chi connectivity index (χ1n) is 6.74. The van der Waals surface area contributed by atoms with Gasteiger partial charge in [-0.1, -0.05) is 23.8 Å². The summed E-state index contributed by atoms with van der Waals surface area (Å²) in [5.74, 6) is 0. The van der Waals surface area contributed by atoms with Gasteiger partial charge in [-0.05, 0) is 73.3 Å². The molecule has 1 saturated carbocycles. The zero-order valence-corrected chi connectivity index (χ0v) is 10.7. The number of fused-ring (bicyclic) bond motifs is 1. The molecule has 1 aromatic rings. The quantitative estimate of drug-likeness (QED) is 0.644. The highest BCUT2D eigenvalue weighted by Crippen LogP contribution is 2.43. The molecule has 0 aliphatic heterocycles. The van der Waals surface area contributed by atoms with Gasteiger partial charge in [-0.2, -0.15) is 0 Å². The molecule has 0 heteroatoms. The van der Waals surface area contributed by atoms with Crippen LogP contribution in [0.4, 0.5) is 0 Å². The van der Waals surface area contributed by atoms with Crippen molar-refractivity contribution in [1.82, 2.24) is 0 Å². The van der Waals surface area contributed by atoms with E-state index in [1.807, 2.05) is 6.08 Å². The highest BCUT2D eigenvalue weighted by molar-refractivity contribution is 5.78. The molecular formula is C17H20. The highest BCUT2D eigenvalue weighted by atomic mass is 14.3. The molecule has 0 bridgehead atoms. The predicted molar refractivity (Wildman–Crippen MR) is 74.2 cm³/mol. The standard InChI is InChI=1S/C17H20/c1-3-5-15-12(2)8-9-14-10-11-16(17(14)15)13-6-4-7-13/h3,8-9H,1,4-7,10-11H2,2H3. The van der Waals surface area contributed by atoms with E-state index in [2.05, 4.69) is 25.6 Å². The van der Waals surface area contributed by atoms with Gasteiger partial charge in [0.05, 0.1) is 0 Å². The second-order valence-corrected chi connectivity index (χ2v) is 5.32. The Hall–Kier alpha value is -1.30. The van der Waals surface area contributed by atoms with E-state index in [1.165, 1.54) is 43.2 Å². The van der Waals surface area contributed by atoms with E-state index in [9.17, 15) is 0 Å². The van der Waals surface area contributed by atoms with Gasteiger partial charge in [0.15, 0.2) is 0 Å². The fourth-order valence-electron chi connectivity index (χ4n) is 3.19. The number of aryl methyl sites for hydroxylation is 2. The van der Waals surface area contributed by atoms with E-state index >= 15 is 0 Å². The minimum atomic E-state index is 1.02. The second kappa shape index (κ2) is 4.18. The van der Waals surface area contributed by atoms with Gasteiger partial charge in [0.25, 0.3) is 0 Å². The first-order valence-corrected chi connectivity index (χ1v) is 6.74. The molecule has 0 radical (unpaired) electrons. The van der Waals surface area contributed by atoms with E-state index in [0.717, 1.165) is 6.42 Å². The first-order chi connectivity index (χ1) is 8.31. The minimum absolute atomic E-state index is 1.02. The maximum atomic E-state index is 3.91. The maximum absolute atomic E-state index is 3.91. The van der Waals surface area contributed by atoms with Crippen molar-refractivity contribution >= 4 is 5.57 Å². The predicted octanol–water partition coefficient (Wildman–Crippen LogP) is 4.61. The van der Waals surface area contributed by atoms with Gasteiger partial charge in [-0.3, -0.25) is 0 Å². The number of hydrogen-bond acceptors (Lipinski definition) is 0. The minimum Gasteiger partial charge on any atom is -0.103 e. The van der Waals surface area contributed by atoms with Crippen LogP contribution in [0, 0.1) is 6.92 Å². The molecule has 88 valence electrons. The number of benzene rings is 1. The van der Waals surface area contributed by atoms with Gasteiger partial charge >= 0.3 is 0 Å². The summed E-state index contributed by atoms with van der Waals surface area (Å²) in [6.07, 6.45) is 9.68. The zero-order valence-electron chi connectivity index (χ0n) is 10.7. The fraction of sp³-hybridized carbons (Fsp3) is 0.412. The van der Waals surface area contributed by atoms with Crippen molar-refractivity contribution in [2.75, 3.05) is 0 Å². The van der Waals surface area contributed by atoms with Crippen LogP contribution in [0.1, 0.15) is 47.9 Å². The molecule has 0 saturated heterocycles. The summed E-state index contributed by atoms with van der Waals surface area (Å²) in [6.45, 7) is 6.15. The lowest BCUT2D eigenvalue weighted by Gasteiger charge is -2.22. The van der Waals surface area contributed by atoms with Crippen LogP contribution in [0.15, 0.2) is 30.4 Å². The summed E-state index contributed by atoms with van der Waals surface area (Å²) < 4.78 is 0. The molecule has 1 fully saturated rings. The van der Waals surface area contributed by atoms with Crippen molar-refractivity contribution in [2.45, 2.75) is 45.4 Å². The van der Waals surface area contributed by atoms with Crippen LogP contribution >= 0.6 is 0 Å². The average molecular weight is 224 g/mol. The SMILES string of the molecule is C=CCc1c(C)ccc2c1C(=C1CCC1)CC2. The van der Waals surface area contributed by atoms with Gasteiger partial charge < -0.3 is 0 Å². The summed E-state index contributed by atoms with van der Waals surface area (Å²) in [7, 11) is 0. The summed E-state index contributed by atoms with van der Waals surface area (Å²) in [5.41, 5.74) is 9.56. The van der Waals surface area contributed by atoms with Crippen molar-refractivity contribution in [1.29, 1.82) is 0 Å². The molecule has 2 aliphatic carbocycles. The normalized spacial score (nSPS) is 17.9. The molecule has 0 N–H and O–H groups in total. The first kappa shape index (κ1) is 10.8. The Morgan fingerprint density at radius 2 is 2.00 bits per heavy atom. The largest absolute Gasteiger partial charge is 0.103 e. The van der Waals surface area contributed by atoms with Crippen LogP contribution < -0.4 is 0 Å². The van der Waals surface area contributed by atoms with Gasteiger partial charge in [0.1, 0.15) is 0 Å². The van der Waals surface area contributed by atoms with Crippen molar-refractivity contribution < 1.29 is 0 Å². The molecule has 0 nitrogen and oxygen atoms in total. The molecule has 0 atom stereocenters. The van der Waals surface area contributed by atoms with Crippen LogP contribution in [0.2, 0.25) is 0 Å². The van der Waals surface area contributed by atoms with E-state index in [1.54, 1.807) is 22.3 Å². The molecule has 2 aliphatic rings. The summed E-state index contributed by atoms with van der Waals surface area (Å²) in [4.78, 5) is 0. The summed E-state index contributed by atoms with van der Waals surface area (Å²) >= 11 is 0. The third-order valence-electron chi connectivity index (χ3n) is 4.31. The van der Waals surface area contributed by atoms with E-state index < -0.39 is 0 Å². The van der Waals surface area contributed by atoms with Crippen molar-refractivity contribution in [3.8, 4) is 0 Å². The Bertz CT molecular complexity index is 497. The Labute approximate surface area is 104 Å². The van der Waals surface area contributed by atoms with Gasteiger partial charge in [0, 0.05) is 0 Å². The Morgan fingerprint density at radius 1 is 1.18 bits per heavy atom. The second-order valence-electron chi connectivity index (χ2n) is 5.32. The molecule has 0 amide bonds. The lowest BCUT2D eigenvalue weighted by atomic mass is 9.83. The smallest absolute Gasteiger partial charge is 0.00914 e. The van der Waals surface area contributed by atoms with Crippen molar-refractivity contribution in [3.05, 3.63) is 52.6 Å². The topological polar surface area (TPSA) is 0 Å². The third kappa shape index (κ3) is 1.67. The maximum Gasteiger partial charge on any atom is -0.00914 e. The van der Waals surface area contributed by atoms with Crippen LogP contribution in [-0.4, -0.2) is 0 Å². The molecule has 0 unspecified atom stereocenters. The number of allylic oxidation sites excluding steroid dienone is 3. The fourth-order valence-corrected chi connectivity index (χ4v) is 3.19. The number of rotatable bonds is 2. The molecule has 0 heterocycles. The van der Waals surface area contributed by atoms with Crippen LogP contribution in [0.5, 0.6) is 0 Å². The molecule has 1 aromatic carbocycles. The lowest BCUT2D eigenvalue weighted by Crippen LogP contribution is -2.02. The Morgan fingerprint density at radius 3 is 2.65 bits per heavy atom. The van der Waals surface area contributed by atoms with Crippen LogP contribution in [-0.2, 0) is 12.8 Å². The van der Waals surface area contributed by atoms with E-state index in [-0.39, 0.29) is 0 Å². The van der Waals surface area contributed by atoms with Gasteiger partial charge in [0.2, 0.25) is 0 Å². The van der Waals surface area contributed by atoms with Crippen molar-refractivity contribution in [2.24, 2.45) is 0 Å². The summed E-state index contributed by atoms with van der Waals surface area (Å²) in [6, 6.07) is 4.62. The highest BCUT2D eigenvalue weighted by Gasteiger charge is 2.25. The van der Waals surface area contributed by atoms with Crippen LogP contribution in [0.3, 0.4) is 0 Å². The molecular weight excluding hydrogens is 204 g/mol. The average Bonchev–Trinajstić information content (AvgIpc) is 2.64. The van der Waals surface area contributed by atoms with E-state index in [0.29, 0.717) is 0 Å². The van der Waals surface area contributed by atoms with Gasteiger partial charge in [-0.25, -0.2) is 0 Å². The van der Waals surface area contributed by atoms with Gasteiger partial charge in [-0.15, -0.1) is 6.58 Å². The Kier molecular flexibility index (Phi) is 2.66. The molecule has 17 heavy (non-hydrogen) atoms. The zero-order chi connectivity index (χ0) is 11.8. The third-order valence-corrected chi connectivity index (χ3v) is 4.31. The molecule has 3 rings (SSSR count). The Balaban J connectivity index is 2.17. The molecule has 0 spiro atoms. The lowest BCUT2D eigenvalue weighted by molar-refractivity contribution is 0.663. The summed E-state index contributed by atoms with van der Waals surface area (Å²) in [5, 5.41) is 0. The van der Waals surface area contributed by atoms with Crippen molar-refractivity contribution in [3.63, 3.8) is 0 Å². The molecule has 0 aromatic heterocycles. The monoisotopic (exact) mass is 224 g/mol. The van der Waals surface area contributed by atoms with E-state index in [4.69, 9.17) is 0 Å². The number of hydrogen-bond donors (Lipinski definition) is 0. The van der Waals surface area contributed by atoms with Crippen LogP contribution in [0.25, 0.3) is 5.57 Å².